The van der Waals surface area contributed by atoms with E-state index in [-0.39, 0.29) is 17.7 Å². The molecule has 0 aromatic carbocycles. The van der Waals surface area contributed by atoms with Gasteiger partial charge < -0.3 is 9.84 Å². The molecule has 6 nitrogen and oxygen atoms in total. The van der Waals surface area contributed by atoms with Crippen molar-refractivity contribution in [3.8, 4) is 0 Å². The third kappa shape index (κ3) is 2.93. The third-order valence-corrected chi connectivity index (χ3v) is 2.25. The van der Waals surface area contributed by atoms with Crippen molar-refractivity contribution in [2.45, 2.75) is 26.4 Å². The third-order valence-electron chi connectivity index (χ3n) is 2.25. The molecule has 0 fully saturated rings. The molecule has 2 aromatic rings. The Labute approximate surface area is 98.6 Å². The summed E-state index contributed by atoms with van der Waals surface area (Å²) in [6.07, 6.45) is 3.55. The molecule has 2 heterocycles. The van der Waals surface area contributed by atoms with E-state index in [1.807, 2.05) is 19.2 Å². The fourth-order valence-corrected chi connectivity index (χ4v) is 1.50. The van der Waals surface area contributed by atoms with Crippen LogP contribution in [-0.4, -0.2) is 26.9 Å². The topological polar surface area (TPSA) is 73.0 Å². The molecule has 0 spiro atoms. The number of aromatic nitrogens is 3. The fraction of sp³-hybridized carbons (Fsp3) is 0.364. The molecule has 1 amide bonds. The zero-order valence-corrected chi connectivity index (χ0v) is 9.75. The highest BCUT2D eigenvalue weighted by Crippen LogP contribution is 2.02. The summed E-state index contributed by atoms with van der Waals surface area (Å²) in [5.41, 5.74) is 0.690. The Morgan fingerprint density at radius 3 is 3.06 bits per heavy atom. The van der Waals surface area contributed by atoms with E-state index >= 15 is 0 Å². The van der Waals surface area contributed by atoms with Crippen LogP contribution in [-0.2, 0) is 6.54 Å². The Bertz CT molecular complexity index is 489. The van der Waals surface area contributed by atoms with E-state index in [1.165, 1.54) is 0 Å². The smallest absolute Gasteiger partial charge is 0.290 e. The molecule has 1 N–H and O–H groups in total. The van der Waals surface area contributed by atoms with E-state index in [0.717, 1.165) is 0 Å². The quantitative estimate of drug-likeness (QED) is 0.856. The predicted octanol–water partition coefficient (Wildman–Crippen LogP) is 0.998. The minimum absolute atomic E-state index is 0.0344. The molecule has 0 saturated heterocycles. The predicted molar refractivity (Wildman–Crippen MR) is 60.4 cm³/mol. The Balaban J connectivity index is 1.90. The minimum atomic E-state index is -0.259. The van der Waals surface area contributed by atoms with Gasteiger partial charge in [0.2, 0.25) is 5.76 Å². The summed E-state index contributed by atoms with van der Waals surface area (Å²) in [7, 11) is 0. The second-order valence-electron chi connectivity index (χ2n) is 3.94. The van der Waals surface area contributed by atoms with E-state index < -0.39 is 0 Å². The highest BCUT2D eigenvalue weighted by Gasteiger charge is 2.14. The number of amides is 1. The molecule has 90 valence electrons. The SMILES string of the molecule is Cc1cc(C(=O)NC(C)Cn2cccn2)on1. The summed E-state index contributed by atoms with van der Waals surface area (Å²) in [6.45, 7) is 4.29. The number of hydrogen-bond acceptors (Lipinski definition) is 4. The zero-order valence-electron chi connectivity index (χ0n) is 9.75. The number of carbonyl (C=O) groups excluding carboxylic acids is 1. The fourth-order valence-electron chi connectivity index (χ4n) is 1.50. The first-order valence-corrected chi connectivity index (χ1v) is 5.37. The Kier molecular flexibility index (Phi) is 3.22. The second-order valence-corrected chi connectivity index (χ2v) is 3.94. The highest BCUT2D eigenvalue weighted by molar-refractivity contribution is 5.91. The van der Waals surface area contributed by atoms with Crippen LogP contribution >= 0.6 is 0 Å². The summed E-state index contributed by atoms with van der Waals surface area (Å²) >= 11 is 0. The molecule has 17 heavy (non-hydrogen) atoms. The molecule has 0 aliphatic rings. The van der Waals surface area contributed by atoms with Crippen molar-refractivity contribution in [2.24, 2.45) is 0 Å². The first kappa shape index (κ1) is 11.4. The van der Waals surface area contributed by atoms with Crippen LogP contribution in [0, 0.1) is 6.92 Å². The average molecular weight is 234 g/mol. The van der Waals surface area contributed by atoms with Crippen molar-refractivity contribution in [1.82, 2.24) is 20.3 Å². The van der Waals surface area contributed by atoms with Crippen LogP contribution in [0.3, 0.4) is 0 Å². The van der Waals surface area contributed by atoms with E-state index in [0.29, 0.717) is 12.2 Å². The van der Waals surface area contributed by atoms with Crippen molar-refractivity contribution >= 4 is 5.91 Å². The molecule has 0 bridgehead atoms. The Morgan fingerprint density at radius 2 is 2.47 bits per heavy atom. The molecule has 2 rings (SSSR count). The highest BCUT2D eigenvalue weighted by atomic mass is 16.5. The number of hydrogen-bond donors (Lipinski definition) is 1. The summed E-state index contributed by atoms with van der Waals surface area (Å²) in [5, 5.41) is 10.6. The lowest BCUT2D eigenvalue weighted by Crippen LogP contribution is -2.35. The first-order chi connectivity index (χ1) is 8.15. The molecular formula is C11H14N4O2. The van der Waals surface area contributed by atoms with Crippen LogP contribution in [0.2, 0.25) is 0 Å². The van der Waals surface area contributed by atoms with E-state index in [1.54, 1.807) is 23.9 Å². The van der Waals surface area contributed by atoms with Gasteiger partial charge in [-0.15, -0.1) is 0 Å². The van der Waals surface area contributed by atoms with Gasteiger partial charge in [0, 0.05) is 24.5 Å². The molecule has 2 aromatic heterocycles. The van der Waals surface area contributed by atoms with Crippen molar-refractivity contribution < 1.29 is 9.32 Å². The van der Waals surface area contributed by atoms with E-state index in [9.17, 15) is 4.79 Å². The monoisotopic (exact) mass is 234 g/mol. The van der Waals surface area contributed by atoms with Crippen molar-refractivity contribution in [3.05, 3.63) is 36.0 Å². The van der Waals surface area contributed by atoms with Gasteiger partial charge in [-0.1, -0.05) is 5.16 Å². The lowest BCUT2D eigenvalue weighted by molar-refractivity contribution is 0.0898. The van der Waals surface area contributed by atoms with E-state index in [2.05, 4.69) is 15.6 Å². The van der Waals surface area contributed by atoms with Crippen LogP contribution in [0.5, 0.6) is 0 Å². The van der Waals surface area contributed by atoms with Gasteiger partial charge in [0.25, 0.3) is 5.91 Å². The van der Waals surface area contributed by atoms with Gasteiger partial charge >= 0.3 is 0 Å². The van der Waals surface area contributed by atoms with Gasteiger partial charge in [0.15, 0.2) is 0 Å². The van der Waals surface area contributed by atoms with Gasteiger partial charge in [-0.3, -0.25) is 9.48 Å². The van der Waals surface area contributed by atoms with Gasteiger partial charge in [-0.05, 0) is 19.9 Å². The lowest BCUT2D eigenvalue weighted by Gasteiger charge is -2.12. The maximum atomic E-state index is 11.7. The van der Waals surface area contributed by atoms with Crippen LogP contribution in [0.1, 0.15) is 23.2 Å². The van der Waals surface area contributed by atoms with Crippen molar-refractivity contribution in [2.75, 3.05) is 0 Å². The van der Waals surface area contributed by atoms with Crippen LogP contribution in [0.4, 0.5) is 0 Å². The molecule has 6 heteroatoms. The van der Waals surface area contributed by atoms with E-state index in [4.69, 9.17) is 4.52 Å². The molecule has 0 radical (unpaired) electrons. The summed E-state index contributed by atoms with van der Waals surface area (Å²) < 4.78 is 6.64. The molecule has 1 atom stereocenters. The van der Waals surface area contributed by atoms with Gasteiger partial charge in [0.05, 0.1) is 12.2 Å². The second kappa shape index (κ2) is 4.82. The van der Waals surface area contributed by atoms with Gasteiger partial charge in [-0.25, -0.2) is 0 Å². The number of nitrogens with zero attached hydrogens (tertiary/aromatic N) is 3. The minimum Gasteiger partial charge on any atom is -0.351 e. The van der Waals surface area contributed by atoms with Crippen LogP contribution in [0.15, 0.2) is 29.0 Å². The summed E-state index contributed by atoms with van der Waals surface area (Å²) in [5.74, 6) is -0.0277. The number of carbonyl (C=O) groups is 1. The largest absolute Gasteiger partial charge is 0.351 e. The van der Waals surface area contributed by atoms with Crippen molar-refractivity contribution in [1.29, 1.82) is 0 Å². The standard InChI is InChI=1S/C11H14N4O2/c1-8-6-10(17-14-8)11(16)13-9(2)7-15-5-3-4-12-15/h3-6,9H,7H2,1-2H3,(H,13,16). The number of nitrogens with one attached hydrogen (secondary N) is 1. The van der Waals surface area contributed by atoms with Crippen LogP contribution in [0.25, 0.3) is 0 Å². The Morgan fingerprint density at radius 1 is 1.65 bits per heavy atom. The molecule has 0 saturated carbocycles. The van der Waals surface area contributed by atoms with Crippen LogP contribution < -0.4 is 5.32 Å². The number of rotatable bonds is 4. The molecular weight excluding hydrogens is 220 g/mol. The summed E-state index contributed by atoms with van der Waals surface area (Å²) in [6, 6.07) is 3.41. The first-order valence-electron chi connectivity index (χ1n) is 5.37. The maximum Gasteiger partial charge on any atom is 0.290 e. The van der Waals surface area contributed by atoms with Gasteiger partial charge in [-0.2, -0.15) is 5.10 Å². The summed E-state index contributed by atoms with van der Waals surface area (Å²) in [4.78, 5) is 11.7. The maximum absolute atomic E-state index is 11.7. The molecule has 1 unspecified atom stereocenters. The number of aryl methyl sites for hydroxylation is 1. The van der Waals surface area contributed by atoms with Gasteiger partial charge in [0.1, 0.15) is 0 Å². The zero-order chi connectivity index (χ0) is 12.3. The normalized spacial score (nSPS) is 12.4. The lowest BCUT2D eigenvalue weighted by atomic mass is 10.3. The molecule has 0 aliphatic carbocycles. The Hall–Kier alpha value is -2.11. The molecule has 0 aliphatic heterocycles. The van der Waals surface area contributed by atoms with Crippen molar-refractivity contribution in [3.63, 3.8) is 0 Å². The average Bonchev–Trinajstić information content (AvgIpc) is 2.89.